The van der Waals surface area contributed by atoms with Gasteiger partial charge < -0.3 is 44.4 Å². The van der Waals surface area contributed by atoms with Crippen LogP contribution in [0.1, 0.15) is 0 Å². The van der Waals surface area contributed by atoms with Crippen LogP contribution in [-0.4, -0.2) is 101 Å². The van der Waals surface area contributed by atoms with E-state index in [1.165, 1.54) is 14.2 Å². The Bertz CT molecular complexity index is 296. The van der Waals surface area contributed by atoms with Crippen LogP contribution >= 0.6 is 0 Å². The fourth-order valence-corrected chi connectivity index (χ4v) is 2.26. The molecule has 3 unspecified atom stereocenters. The topological polar surface area (TPSA) is 122 Å². The van der Waals surface area contributed by atoms with Gasteiger partial charge in [-0.2, -0.15) is 0 Å². The number of hydrogen-bond acceptors (Lipinski definition) is 9. The zero-order chi connectivity index (χ0) is 17.1. The molecular weight excluding hydrogens is 310 g/mol. The monoisotopic (exact) mass is 339 g/mol. The number of hydrogen-bond donors (Lipinski definition) is 3. The summed E-state index contributed by atoms with van der Waals surface area (Å²) in [6.07, 6.45) is -4.50. The van der Waals surface area contributed by atoms with Crippen molar-refractivity contribution in [2.75, 3.05) is 60.4 Å². The van der Waals surface area contributed by atoms with Gasteiger partial charge >= 0.3 is 0 Å². The fraction of sp³-hybridized carbons (Fsp3) is 1.00. The van der Waals surface area contributed by atoms with Gasteiger partial charge in [0.25, 0.3) is 0 Å². The molecule has 0 aromatic rings. The van der Waals surface area contributed by atoms with E-state index in [0.29, 0.717) is 33.0 Å². The third-order valence-electron chi connectivity index (χ3n) is 3.39. The van der Waals surface area contributed by atoms with Crippen molar-refractivity contribution in [1.29, 1.82) is 0 Å². The summed E-state index contributed by atoms with van der Waals surface area (Å²) in [4.78, 5) is 0. The average Bonchev–Trinajstić information content (AvgIpc) is 2.55. The van der Waals surface area contributed by atoms with Gasteiger partial charge in [-0.15, -0.1) is 0 Å². The number of aliphatic hydroxyl groups excluding tert-OH is 2. The number of ether oxygens (including phenoxy) is 6. The molecule has 1 heterocycles. The SMILES string of the molecule is COCC1O[C@H](OCCOCCOCCN)C(O)C(O)[C@@H]1OC. The molecule has 0 amide bonds. The normalized spacial score (nSPS) is 31.4. The molecular formula is C14H29NO8. The van der Waals surface area contributed by atoms with E-state index in [2.05, 4.69) is 0 Å². The molecule has 1 fully saturated rings. The van der Waals surface area contributed by atoms with Crippen LogP contribution in [0, 0.1) is 0 Å². The van der Waals surface area contributed by atoms with Gasteiger partial charge in [-0.25, -0.2) is 0 Å². The van der Waals surface area contributed by atoms with Gasteiger partial charge in [-0.3, -0.25) is 0 Å². The van der Waals surface area contributed by atoms with Crippen molar-refractivity contribution in [2.24, 2.45) is 5.73 Å². The second-order valence-electron chi connectivity index (χ2n) is 5.06. The van der Waals surface area contributed by atoms with Crippen molar-refractivity contribution in [3.05, 3.63) is 0 Å². The fourth-order valence-electron chi connectivity index (χ4n) is 2.26. The van der Waals surface area contributed by atoms with E-state index in [4.69, 9.17) is 34.2 Å². The molecule has 9 heteroatoms. The highest BCUT2D eigenvalue weighted by Gasteiger charge is 2.45. The molecule has 0 aliphatic carbocycles. The molecule has 23 heavy (non-hydrogen) atoms. The Morgan fingerprint density at radius 2 is 1.61 bits per heavy atom. The van der Waals surface area contributed by atoms with Gasteiger partial charge in [-0.05, 0) is 0 Å². The second-order valence-corrected chi connectivity index (χ2v) is 5.06. The van der Waals surface area contributed by atoms with E-state index >= 15 is 0 Å². The van der Waals surface area contributed by atoms with Crippen LogP contribution in [-0.2, 0) is 28.4 Å². The Morgan fingerprint density at radius 3 is 2.22 bits per heavy atom. The predicted molar refractivity (Wildman–Crippen MR) is 80.0 cm³/mol. The maximum Gasteiger partial charge on any atom is 0.186 e. The summed E-state index contributed by atoms with van der Waals surface area (Å²) in [5.74, 6) is 0. The smallest absolute Gasteiger partial charge is 0.186 e. The Morgan fingerprint density at radius 1 is 0.957 bits per heavy atom. The Labute approximate surface area is 136 Å². The Hall–Kier alpha value is -0.360. The highest BCUT2D eigenvalue weighted by atomic mass is 16.7. The lowest BCUT2D eigenvalue weighted by molar-refractivity contribution is -0.306. The van der Waals surface area contributed by atoms with Gasteiger partial charge in [0.15, 0.2) is 6.29 Å². The van der Waals surface area contributed by atoms with E-state index in [0.717, 1.165) is 0 Å². The maximum absolute atomic E-state index is 10.1. The molecule has 0 radical (unpaired) electrons. The third-order valence-corrected chi connectivity index (χ3v) is 3.39. The predicted octanol–water partition coefficient (Wildman–Crippen LogP) is -1.90. The molecule has 0 aromatic heterocycles. The van der Waals surface area contributed by atoms with E-state index in [1.807, 2.05) is 0 Å². The Balaban J connectivity index is 2.27. The summed E-state index contributed by atoms with van der Waals surface area (Å²) in [7, 11) is 2.96. The number of methoxy groups -OCH3 is 2. The Kier molecular flexibility index (Phi) is 10.9. The number of rotatable bonds is 12. The summed E-state index contributed by atoms with van der Waals surface area (Å²) < 4.78 is 31.7. The maximum atomic E-state index is 10.1. The van der Waals surface area contributed by atoms with E-state index in [-0.39, 0.29) is 13.2 Å². The molecule has 9 nitrogen and oxygen atoms in total. The van der Waals surface area contributed by atoms with E-state index in [1.54, 1.807) is 0 Å². The summed E-state index contributed by atoms with van der Waals surface area (Å²) in [5.41, 5.74) is 5.29. The van der Waals surface area contributed by atoms with Crippen LogP contribution in [0.3, 0.4) is 0 Å². The number of nitrogens with two attached hydrogens (primary N) is 1. The van der Waals surface area contributed by atoms with Gasteiger partial charge in [0.05, 0.1) is 39.6 Å². The van der Waals surface area contributed by atoms with Crippen molar-refractivity contribution in [1.82, 2.24) is 0 Å². The molecule has 0 bridgehead atoms. The first-order valence-corrected chi connectivity index (χ1v) is 7.66. The van der Waals surface area contributed by atoms with Crippen molar-refractivity contribution in [2.45, 2.75) is 30.7 Å². The van der Waals surface area contributed by atoms with Crippen LogP contribution in [0.15, 0.2) is 0 Å². The van der Waals surface area contributed by atoms with Gasteiger partial charge in [0, 0.05) is 20.8 Å². The molecule has 0 saturated carbocycles. The lowest BCUT2D eigenvalue weighted by Crippen LogP contribution is -2.60. The second kappa shape index (κ2) is 12.1. The van der Waals surface area contributed by atoms with E-state index < -0.39 is 30.7 Å². The molecule has 0 aromatic carbocycles. The van der Waals surface area contributed by atoms with Gasteiger partial charge in [-0.1, -0.05) is 0 Å². The van der Waals surface area contributed by atoms with Crippen molar-refractivity contribution < 1.29 is 38.6 Å². The molecule has 5 atom stereocenters. The van der Waals surface area contributed by atoms with Crippen molar-refractivity contribution >= 4 is 0 Å². The minimum atomic E-state index is -1.21. The first kappa shape index (κ1) is 20.7. The largest absolute Gasteiger partial charge is 0.387 e. The third kappa shape index (κ3) is 6.96. The lowest BCUT2D eigenvalue weighted by atomic mass is 9.99. The van der Waals surface area contributed by atoms with Crippen LogP contribution in [0.25, 0.3) is 0 Å². The molecule has 0 spiro atoms. The van der Waals surface area contributed by atoms with E-state index in [9.17, 15) is 10.2 Å². The molecule has 1 aliphatic rings. The summed E-state index contributed by atoms with van der Waals surface area (Å²) in [6, 6.07) is 0. The van der Waals surface area contributed by atoms with Crippen molar-refractivity contribution in [3.63, 3.8) is 0 Å². The molecule has 1 saturated heterocycles. The minimum Gasteiger partial charge on any atom is -0.387 e. The first-order valence-electron chi connectivity index (χ1n) is 7.66. The van der Waals surface area contributed by atoms with Crippen LogP contribution in [0.5, 0.6) is 0 Å². The average molecular weight is 339 g/mol. The standard InChI is InChI=1S/C14H29NO8/c1-18-9-10-13(19-2)11(16)12(17)14(23-10)22-8-7-21-6-5-20-4-3-15/h10-14,16-17H,3-9,15H2,1-2H3/t10?,11?,12?,13-,14+/m1/s1. The molecule has 1 rings (SSSR count). The summed E-state index contributed by atoms with van der Waals surface area (Å²) in [6.45, 7) is 2.62. The summed E-state index contributed by atoms with van der Waals surface area (Å²) in [5, 5.41) is 20.1. The highest BCUT2D eigenvalue weighted by molar-refractivity contribution is 4.90. The highest BCUT2D eigenvalue weighted by Crippen LogP contribution is 2.24. The van der Waals surface area contributed by atoms with Crippen LogP contribution in [0.2, 0.25) is 0 Å². The first-order chi connectivity index (χ1) is 11.2. The van der Waals surface area contributed by atoms with Crippen molar-refractivity contribution in [3.8, 4) is 0 Å². The summed E-state index contributed by atoms with van der Waals surface area (Å²) >= 11 is 0. The number of aliphatic hydroxyl groups is 2. The van der Waals surface area contributed by atoms with Gasteiger partial charge in [0.2, 0.25) is 0 Å². The van der Waals surface area contributed by atoms with Gasteiger partial charge in [0.1, 0.15) is 24.4 Å². The van der Waals surface area contributed by atoms with Crippen LogP contribution < -0.4 is 5.73 Å². The zero-order valence-electron chi connectivity index (χ0n) is 13.8. The molecule has 1 aliphatic heterocycles. The molecule has 138 valence electrons. The van der Waals surface area contributed by atoms with Crippen LogP contribution in [0.4, 0.5) is 0 Å². The zero-order valence-corrected chi connectivity index (χ0v) is 13.8. The molecule has 4 N–H and O–H groups in total. The quantitative estimate of drug-likeness (QED) is 0.350. The minimum absolute atomic E-state index is 0.211. The lowest BCUT2D eigenvalue weighted by Gasteiger charge is -2.41.